The number of nitrogens with zero attached hydrogens (tertiary/aromatic N) is 1. The molecule has 0 unspecified atom stereocenters. The number of aliphatic carboxylic acids is 1. The summed E-state index contributed by atoms with van der Waals surface area (Å²) in [6, 6.07) is 5.56. The lowest BCUT2D eigenvalue weighted by Crippen LogP contribution is -1.87. The molecule has 0 heterocycles. The van der Waals surface area contributed by atoms with Crippen molar-refractivity contribution in [1.82, 2.24) is 0 Å². The molecule has 0 radical (unpaired) electrons. The maximum atomic E-state index is 13.0. The zero-order valence-corrected chi connectivity index (χ0v) is 7.07. The molecule has 0 spiro atoms. The maximum absolute atomic E-state index is 13.0. The van der Waals surface area contributed by atoms with Crippen LogP contribution in [-0.2, 0) is 4.79 Å². The highest BCUT2D eigenvalue weighted by atomic mass is 19.1. The first-order valence-electron chi connectivity index (χ1n) is 3.74. The summed E-state index contributed by atoms with van der Waals surface area (Å²) < 4.78 is 13.0. The van der Waals surface area contributed by atoms with Gasteiger partial charge in [-0.2, -0.15) is 5.26 Å². The van der Waals surface area contributed by atoms with Crippen LogP contribution in [0.5, 0.6) is 0 Å². The minimum Gasteiger partial charge on any atom is -0.478 e. The van der Waals surface area contributed by atoms with Crippen molar-refractivity contribution in [2.24, 2.45) is 0 Å². The molecule has 0 amide bonds. The van der Waals surface area contributed by atoms with Gasteiger partial charge < -0.3 is 5.11 Å². The van der Waals surface area contributed by atoms with Crippen LogP contribution in [0.1, 0.15) is 11.1 Å². The average molecular weight is 191 g/mol. The van der Waals surface area contributed by atoms with E-state index in [0.717, 1.165) is 12.1 Å². The third kappa shape index (κ3) is 2.42. The molecular weight excluding hydrogens is 185 g/mol. The molecule has 0 aliphatic heterocycles. The van der Waals surface area contributed by atoms with E-state index in [-0.39, 0.29) is 5.56 Å². The lowest BCUT2D eigenvalue weighted by Gasteiger charge is -1.94. The highest BCUT2D eigenvalue weighted by Crippen LogP contribution is 2.10. The number of benzene rings is 1. The van der Waals surface area contributed by atoms with Crippen molar-refractivity contribution in [3.63, 3.8) is 0 Å². The van der Waals surface area contributed by atoms with Crippen molar-refractivity contribution in [3.8, 4) is 6.07 Å². The lowest BCUT2D eigenvalue weighted by molar-refractivity contribution is -0.131. The Balaban J connectivity index is 2.99. The summed E-state index contributed by atoms with van der Waals surface area (Å²) in [5, 5.41) is 16.7. The van der Waals surface area contributed by atoms with Crippen molar-refractivity contribution >= 4 is 12.0 Å². The van der Waals surface area contributed by atoms with E-state index in [1.807, 2.05) is 0 Å². The number of nitriles is 1. The Kier molecular flexibility index (Phi) is 2.97. The van der Waals surface area contributed by atoms with Crippen LogP contribution in [0.15, 0.2) is 24.3 Å². The van der Waals surface area contributed by atoms with Crippen LogP contribution in [0.4, 0.5) is 4.39 Å². The fourth-order valence-electron chi connectivity index (χ4n) is 0.893. The van der Waals surface area contributed by atoms with E-state index in [2.05, 4.69) is 0 Å². The van der Waals surface area contributed by atoms with Gasteiger partial charge in [-0.15, -0.1) is 0 Å². The summed E-state index contributed by atoms with van der Waals surface area (Å²) >= 11 is 0. The molecule has 0 saturated heterocycles. The molecule has 0 aliphatic rings. The van der Waals surface area contributed by atoms with Crippen LogP contribution in [0, 0.1) is 17.1 Å². The monoisotopic (exact) mass is 191 g/mol. The van der Waals surface area contributed by atoms with E-state index >= 15 is 0 Å². The minimum atomic E-state index is -1.10. The molecule has 1 rings (SSSR count). The molecule has 0 aliphatic carbocycles. The van der Waals surface area contributed by atoms with Gasteiger partial charge in [-0.1, -0.05) is 6.07 Å². The van der Waals surface area contributed by atoms with Crippen molar-refractivity contribution in [2.45, 2.75) is 0 Å². The number of hydrogen-bond acceptors (Lipinski definition) is 2. The van der Waals surface area contributed by atoms with Gasteiger partial charge in [0, 0.05) is 6.08 Å². The van der Waals surface area contributed by atoms with E-state index in [1.54, 1.807) is 6.07 Å². The number of hydrogen-bond donors (Lipinski definition) is 1. The summed E-state index contributed by atoms with van der Waals surface area (Å²) in [6.45, 7) is 0. The molecule has 14 heavy (non-hydrogen) atoms. The number of carboxylic acids is 1. The summed E-state index contributed by atoms with van der Waals surface area (Å²) in [7, 11) is 0. The molecule has 70 valence electrons. The van der Waals surface area contributed by atoms with E-state index in [4.69, 9.17) is 10.4 Å². The second-order valence-electron chi connectivity index (χ2n) is 2.52. The minimum absolute atomic E-state index is 0.0579. The van der Waals surface area contributed by atoms with Gasteiger partial charge in [0.15, 0.2) is 0 Å². The largest absolute Gasteiger partial charge is 0.478 e. The van der Waals surface area contributed by atoms with E-state index in [0.29, 0.717) is 5.56 Å². The molecule has 0 bridgehead atoms. The molecule has 1 aromatic rings. The molecule has 0 fully saturated rings. The molecule has 4 heteroatoms. The third-order valence-corrected chi connectivity index (χ3v) is 1.53. The molecule has 3 nitrogen and oxygen atoms in total. The van der Waals surface area contributed by atoms with Crippen molar-refractivity contribution in [3.05, 3.63) is 41.2 Å². The van der Waals surface area contributed by atoms with Gasteiger partial charge in [0.05, 0.1) is 5.56 Å². The first kappa shape index (κ1) is 9.93. The normalized spacial score (nSPS) is 10.0. The number of carboxylic acid groups (broad SMARTS) is 1. The summed E-state index contributed by atoms with van der Waals surface area (Å²) in [5.74, 6) is -1.75. The predicted molar refractivity (Wildman–Crippen MR) is 47.8 cm³/mol. The topological polar surface area (TPSA) is 61.1 Å². The highest BCUT2D eigenvalue weighted by Gasteiger charge is 2.00. The Labute approximate surface area is 79.7 Å². The van der Waals surface area contributed by atoms with Crippen molar-refractivity contribution < 1.29 is 14.3 Å². The summed E-state index contributed by atoms with van der Waals surface area (Å²) in [6.07, 6.45) is 2.16. The average Bonchev–Trinajstić information content (AvgIpc) is 2.15. The standard InChI is InChI=1S/C10H6FNO2/c11-9-5-7(2-4-10(13)14)1-3-8(9)6-12/h1-5H,(H,13,14). The van der Waals surface area contributed by atoms with Gasteiger partial charge >= 0.3 is 5.97 Å². The van der Waals surface area contributed by atoms with Crippen molar-refractivity contribution in [2.75, 3.05) is 0 Å². The van der Waals surface area contributed by atoms with E-state index in [9.17, 15) is 9.18 Å². The van der Waals surface area contributed by atoms with Crippen LogP contribution in [-0.4, -0.2) is 11.1 Å². The second kappa shape index (κ2) is 4.19. The molecule has 1 N–H and O–H groups in total. The van der Waals surface area contributed by atoms with Gasteiger partial charge in [-0.3, -0.25) is 0 Å². The van der Waals surface area contributed by atoms with Crippen LogP contribution in [0.2, 0.25) is 0 Å². The molecular formula is C10H6FNO2. The first-order valence-corrected chi connectivity index (χ1v) is 3.74. The van der Waals surface area contributed by atoms with Crippen LogP contribution < -0.4 is 0 Å². The highest BCUT2D eigenvalue weighted by molar-refractivity contribution is 5.85. The van der Waals surface area contributed by atoms with E-state index in [1.165, 1.54) is 18.2 Å². The van der Waals surface area contributed by atoms with E-state index < -0.39 is 11.8 Å². The van der Waals surface area contributed by atoms with Gasteiger partial charge in [-0.25, -0.2) is 9.18 Å². The fraction of sp³-hybridized carbons (Fsp3) is 0. The summed E-state index contributed by atoms with van der Waals surface area (Å²) in [4.78, 5) is 10.1. The summed E-state index contributed by atoms with van der Waals surface area (Å²) in [5.41, 5.74) is 0.348. The zero-order chi connectivity index (χ0) is 10.6. The van der Waals surface area contributed by atoms with Gasteiger partial charge in [0.2, 0.25) is 0 Å². The molecule has 0 atom stereocenters. The Hall–Kier alpha value is -2.15. The number of halogens is 1. The predicted octanol–water partition coefficient (Wildman–Crippen LogP) is 1.80. The van der Waals surface area contributed by atoms with Gasteiger partial charge in [0.25, 0.3) is 0 Å². The second-order valence-corrected chi connectivity index (χ2v) is 2.52. The lowest BCUT2D eigenvalue weighted by atomic mass is 10.1. The SMILES string of the molecule is N#Cc1ccc(C=CC(=O)O)cc1F. The molecule has 1 aromatic carbocycles. The van der Waals surface area contributed by atoms with Crippen LogP contribution in [0.25, 0.3) is 6.08 Å². The zero-order valence-electron chi connectivity index (χ0n) is 7.07. The van der Waals surface area contributed by atoms with Crippen LogP contribution >= 0.6 is 0 Å². The Morgan fingerprint density at radius 2 is 2.29 bits per heavy atom. The quantitative estimate of drug-likeness (QED) is 0.725. The fourth-order valence-corrected chi connectivity index (χ4v) is 0.893. The third-order valence-electron chi connectivity index (χ3n) is 1.53. The van der Waals surface area contributed by atoms with Crippen molar-refractivity contribution in [1.29, 1.82) is 5.26 Å². The number of rotatable bonds is 2. The van der Waals surface area contributed by atoms with Crippen LogP contribution in [0.3, 0.4) is 0 Å². The Morgan fingerprint density at radius 3 is 2.79 bits per heavy atom. The molecule has 0 aromatic heterocycles. The van der Waals surface area contributed by atoms with Gasteiger partial charge in [0.1, 0.15) is 11.9 Å². The number of carbonyl (C=O) groups is 1. The molecule has 0 saturated carbocycles. The first-order chi connectivity index (χ1) is 6.63. The smallest absolute Gasteiger partial charge is 0.328 e. The maximum Gasteiger partial charge on any atom is 0.328 e. The van der Waals surface area contributed by atoms with Gasteiger partial charge in [-0.05, 0) is 23.8 Å². The Morgan fingerprint density at radius 1 is 1.57 bits per heavy atom. The Bertz CT molecular complexity index is 432.